The fourth-order valence-electron chi connectivity index (χ4n) is 5.97. The highest BCUT2D eigenvalue weighted by Gasteiger charge is 2.41. The maximum Gasteiger partial charge on any atom is 0.164 e. The summed E-state index contributed by atoms with van der Waals surface area (Å²) in [5, 5.41) is 2.16. The Hall–Kier alpha value is -2.76. The van der Waals surface area contributed by atoms with Gasteiger partial charge >= 0.3 is 0 Å². The van der Waals surface area contributed by atoms with Crippen LogP contribution >= 0.6 is 0 Å². The summed E-state index contributed by atoms with van der Waals surface area (Å²) >= 11 is 0. The molecular weight excluding hydrogens is 360 g/mol. The standard InChI is InChI=1S/C23H26N6/c1-13-14-3-5-15(6-4-14)17(13)9-20-16-7-8-29(2)23(16)28-22(27-20)19-11-25-21-18(19)10-24-12-26-21/h7-8,10-15,17H,3-6,9H2,1-2H3,(H,24,25,26)/t13-,14?,15?,17+/m1/s1. The number of hydrogen-bond acceptors (Lipinski definition) is 4. The molecule has 148 valence electrons. The number of nitrogens with one attached hydrogen (secondary N) is 1. The Balaban J connectivity index is 1.48. The topological polar surface area (TPSA) is 72.3 Å². The Morgan fingerprint density at radius 3 is 2.76 bits per heavy atom. The summed E-state index contributed by atoms with van der Waals surface area (Å²) in [5.74, 6) is 4.06. The lowest BCUT2D eigenvalue weighted by atomic mass is 9.58. The Morgan fingerprint density at radius 1 is 1.10 bits per heavy atom. The maximum absolute atomic E-state index is 5.12. The van der Waals surface area contributed by atoms with Crippen molar-refractivity contribution in [2.24, 2.45) is 30.7 Å². The third kappa shape index (κ3) is 2.61. The van der Waals surface area contributed by atoms with E-state index in [0.717, 1.165) is 58.2 Å². The Bertz CT molecular complexity index is 1190. The fourth-order valence-corrected chi connectivity index (χ4v) is 5.97. The first kappa shape index (κ1) is 17.1. The number of aromatic nitrogens is 6. The molecule has 0 aromatic carbocycles. The van der Waals surface area contributed by atoms with Crippen molar-refractivity contribution >= 4 is 22.1 Å². The van der Waals surface area contributed by atoms with Crippen LogP contribution < -0.4 is 0 Å². The SMILES string of the molecule is C[C@@H]1C2CCC(CC2)[C@H]1Cc1nc(-c2c[nH]c3ncncc23)nc2c1ccn2C. The first-order valence-electron chi connectivity index (χ1n) is 10.8. The zero-order valence-corrected chi connectivity index (χ0v) is 17.0. The third-order valence-electron chi connectivity index (χ3n) is 7.67. The molecule has 6 nitrogen and oxygen atoms in total. The predicted molar refractivity (Wildman–Crippen MR) is 113 cm³/mol. The zero-order chi connectivity index (χ0) is 19.5. The molecule has 4 aromatic rings. The first-order chi connectivity index (χ1) is 14.2. The minimum atomic E-state index is 0.736. The number of H-pyrrole nitrogens is 1. The number of aromatic amines is 1. The van der Waals surface area contributed by atoms with Gasteiger partial charge in [-0.2, -0.15) is 0 Å². The van der Waals surface area contributed by atoms with Gasteiger partial charge in [0.2, 0.25) is 0 Å². The van der Waals surface area contributed by atoms with E-state index in [2.05, 4.69) is 45.8 Å². The second kappa shape index (κ2) is 6.37. The molecule has 7 rings (SSSR count). The zero-order valence-electron chi connectivity index (χ0n) is 17.0. The Kier molecular flexibility index (Phi) is 3.76. The molecule has 0 aliphatic heterocycles. The van der Waals surface area contributed by atoms with E-state index in [9.17, 15) is 0 Å². The Labute approximate surface area is 169 Å². The van der Waals surface area contributed by atoms with Crippen LogP contribution in [0.25, 0.3) is 33.5 Å². The second-order valence-electron chi connectivity index (χ2n) is 9.05. The molecular formula is C23H26N6. The van der Waals surface area contributed by atoms with E-state index in [4.69, 9.17) is 9.97 Å². The average Bonchev–Trinajstić information content (AvgIpc) is 3.35. The number of nitrogens with zero attached hydrogens (tertiary/aromatic N) is 5. The smallest absolute Gasteiger partial charge is 0.164 e. The van der Waals surface area contributed by atoms with Crippen LogP contribution in [0.4, 0.5) is 0 Å². The van der Waals surface area contributed by atoms with Crippen LogP contribution in [0.1, 0.15) is 38.3 Å². The monoisotopic (exact) mass is 386 g/mol. The van der Waals surface area contributed by atoms with E-state index in [0.29, 0.717) is 0 Å². The summed E-state index contributed by atoms with van der Waals surface area (Å²) in [5.41, 5.74) is 4.00. The van der Waals surface area contributed by atoms with Gasteiger partial charge in [-0.3, -0.25) is 0 Å². The molecule has 4 aromatic heterocycles. The molecule has 3 fully saturated rings. The highest BCUT2D eigenvalue weighted by molar-refractivity contribution is 5.92. The highest BCUT2D eigenvalue weighted by atomic mass is 15.0. The van der Waals surface area contributed by atoms with E-state index in [1.807, 2.05) is 12.4 Å². The van der Waals surface area contributed by atoms with Crippen LogP contribution in [0.5, 0.6) is 0 Å². The molecule has 4 heterocycles. The van der Waals surface area contributed by atoms with Gasteiger partial charge in [-0.25, -0.2) is 19.9 Å². The largest absolute Gasteiger partial charge is 0.345 e. The molecule has 6 heteroatoms. The van der Waals surface area contributed by atoms with Crippen molar-refractivity contribution in [3.8, 4) is 11.4 Å². The summed E-state index contributed by atoms with van der Waals surface area (Å²) in [4.78, 5) is 21.8. The lowest BCUT2D eigenvalue weighted by molar-refractivity contribution is 0.0341. The summed E-state index contributed by atoms with van der Waals surface area (Å²) in [6.45, 7) is 2.47. The van der Waals surface area contributed by atoms with Crippen molar-refractivity contribution in [2.45, 2.75) is 39.0 Å². The van der Waals surface area contributed by atoms with E-state index in [1.54, 1.807) is 6.33 Å². The van der Waals surface area contributed by atoms with Gasteiger partial charge in [0, 0.05) is 42.0 Å². The van der Waals surface area contributed by atoms with Crippen LogP contribution in [0.2, 0.25) is 0 Å². The molecule has 0 unspecified atom stereocenters. The lowest BCUT2D eigenvalue weighted by Crippen LogP contribution is -2.39. The number of aryl methyl sites for hydroxylation is 1. The normalized spacial score (nSPS) is 26.6. The molecule has 3 aliphatic rings. The highest BCUT2D eigenvalue weighted by Crippen LogP contribution is 2.50. The molecule has 0 amide bonds. The first-order valence-corrected chi connectivity index (χ1v) is 10.8. The van der Waals surface area contributed by atoms with Gasteiger partial charge in [0.05, 0.1) is 5.69 Å². The lowest BCUT2D eigenvalue weighted by Gasteiger charge is -2.47. The van der Waals surface area contributed by atoms with Crippen molar-refractivity contribution < 1.29 is 0 Å². The minimum Gasteiger partial charge on any atom is -0.345 e. The van der Waals surface area contributed by atoms with Crippen molar-refractivity contribution in [3.05, 3.63) is 36.7 Å². The molecule has 3 saturated carbocycles. The van der Waals surface area contributed by atoms with Crippen LogP contribution in [-0.2, 0) is 13.5 Å². The number of fused-ring (bicyclic) bond motifs is 5. The molecule has 2 bridgehead atoms. The predicted octanol–water partition coefficient (Wildman–Crippen LogP) is 4.52. The van der Waals surface area contributed by atoms with Crippen LogP contribution in [0.3, 0.4) is 0 Å². The van der Waals surface area contributed by atoms with Gasteiger partial charge < -0.3 is 9.55 Å². The van der Waals surface area contributed by atoms with E-state index in [1.165, 1.54) is 36.8 Å². The van der Waals surface area contributed by atoms with E-state index >= 15 is 0 Å². The van der Waals surface area contributed by atoms with Crippen molar-refractivity contribution in [1.29, 1.82) is 0 Å². The van der Waals surface area contributed by atoms with Gasteiger partial charge in [0.1, 0.15) is 17.6 Å². The van der Waals surface area contributed by atoms with Gasteiger partial charge in [0.15, 0.2) is 5.82 Å². The van der Waals surface area contributed by atoms with Gasteiger partial charge in [0.25, 0.3) is 0 Å². The molecule has 0 saturated heterocycles. The van der Waals surface area contributed by atoms with Crippen molar-refractivity contribution in [2.75, 3.05) is 0 Å². The number of rotatable bonds is 3. The fraction of sp³-hybridized carbons (Fsp3) is 0.478. The molecule has 1 N–H and O–H groups in total. The maximum atomic E-state index is 5.12. The molecule has 29 heavy (non-hydrogen) atoms. The quantitative estimate of drug-likeness (QED) is 0.562. The summed E-state index contributed by atoms with van der Waals surface area (Å²) in [6, 6.07) is 2.18. The third-order valence-corrected chi connectivity index (χ3v) is 7.67. The summed E-state index contributed by atoms with van der Waals surface area (Å²) in [7, 11) is 2.06. The Morgan fingerprint density at radius 2 is 1.93 bits per heavy atom. The van der Waals surface area contributed by atoms with E-state index in [-0.39, 0.29) is 0 Å². The van der Waals surface area contributed by atoms with Gasteiger partial charge in [-0.1, -0.05) is 6.92 Å². The number of hydrogen-bond donors (Lipinski definition) is 1. The van der Waals surface area contributed by atoms with Gasteiger partial charge in [-0.15, -0.1) is 0 Å². The van der Waals surface area contributed by atoms with E-state index < -0.39 is 0 Å². The summed E-state index contributed by atoms with van der Waals surface area (Å²) in [6.07, 6.45) is 14.2. The minimum absolute atomic E-state index is 0.736. The van der Waals surface area contributed by atoms with Crippen molar-refractivity contribution in [1.82, 2.24) is 29.5 Å². The molecule has 0 radical (unpaired) electrons. The van der Waals surface area contributed by atoms with Crippen LogP contribution in [-0.4, -0.2) is 29.5 Å². The summed E-state index contributed by atoms with van der Waals surface area (Å²) < 4.78 is 2.10. The van der Waals surface area contributed by atoms with Gasteiger partial charge in [-0.05, 0) is 61.8 Å². The molecule has 2 atom stereocenters. The van der Waals surface area contributed by atoms with Crippen LogP contribution in [0, 0.1) is 23.7 Å². The second-order valence-corrected chi connectivity index (χ2v) is 9.05. The molecule has 3 aliphatic carbocycles. The molecule has 0 spiro atoms. The van der Waals surface area contributed by atoms with Crippen molar-refractivity contribution in [3.63, 3.8) is 0 Å². The van der Waals surface area contributed by atoms with Crippen LogP contribution in [0.15, 0.2) is 31.0 Å². The average molecular weight is 387 g/mol.